The number of piperidine rings is 1. The molecule has 1 aliphatic heterocycles. The highest BCUT2D eigenvalue weighted by molar-refractivity contribution is 6.00. The Morgan fingerprint density at radius 2 is 1.81 bits per heavy atom. The lowest BCUT2D eigenvalue weighted by Crippen LogP contribution is -2.53. The van der Waals surface area contributed by atoms with Crippen LogP contribution in [0.4, 0.5) is 23.4 Å². The summed E-state index contributed by atoms with van der Waals surface area (Å²) < 4.78 is 54.1. The fourth-order valence-electron chi connectivity index (χ4n) is 5.67. The molecule has 3 aliphatic rings. The highest BCUT2D eigenvalue weighted by Crippen LogP contribution is 2.44. The van der Waals surface area contributed by atoms with Gasteiger partial charge in [0.05, 0.1) is 35.6 Å². The van der Waals surface area contributed by atoms with Crippen LogP contribution in [0.1, 0.15) is 41.7 Å². The number of likely N-dealkylation sites (tertiary alicyclic amines) is 1. The van der Waals surface area contributed by atoms with Crippen LogP contribution in [0.15, 0.2) is 49.1 Å². The monoisotopic (exact) mass is 512 g/mol. The molecule has 3 unspecified atom stereocenters. The minimum absolute atomic E-state index is 0.0656. The summed E-state index contributed by atoms with van der Waals surface area (Å²) in [5, 5.41) is 0. The smallest absolute Gasteiger partial charge is 0.350 e. The predicted molar refractivity (Wildman–Crippen MR) is 126 cm³/mol. The van der Waals surface area contributed by atoms with E-state index in [1.54, 1.807) is 17.0 Å². The van der Waals surface area contributed by atoms with Crippen LogP contribution < -0.4 is 4.90 Å². The van der Waals surface area contributed by atoms with Gasteiger partial charge in [-0.2, -0.15) is 13.2 Å². The highest BCUT2D eigenvalue weighted by atomic mass is 19.4. The quantitative estimate of drug-likeness (QED) is 0.449. The normalized spacial score (nSPS) is 22.9. The lowest BCUT2D eigenvalue weighted by Gasteiger charge is -2.41. The third-order valence-electron chi connectivity index (χ3n) is 7.52. The number of hydrogen-bond donors (Lipinski definition) is 0. The van der Waals surface area contributed by atoms with Crippen LogP contribution in [0, 0.1) is 17.7 Å². The van der Waals surface area contributed by atoms with Crippen LogP contribution >= 0.6 is 0 Å². The molecule has 192 valence electrons. The van der Waals surface area contributed by atoms with Gasteiger partial charge in [0.25, 0.3) is 5.91 Å². The molecule has 2 aromatic heterocycles. The van der Waals surface area contributed by atoms with Gasteiger partial charge >= 0.3 is 6.18 Å². The Morgan fingerprint density at radius 1 is 1.03 bits per heavy atom. The summed E-state index contributed by atoms with van der Waals surface area (Å²) in [6, 6.07) is 5.70. The summed E-state index contributed by atoms with van der Waals surface area (Å²) in [4.78, 5) is 33.7. The zero-order valence-electron chi connectivity index (χ0n) is 19.8. The molecule has 1 amide bonds. The molecule has 11 heteroatoms. The van der Waals surface area contributed by atoms with Gasteiger partial charge in [0, 0.05) is 25.5 Å². The van der Waals surface area contributed by atoms with Gasteiger partial charge in [0.2, 0.25) is 0 Å². The first kappa shape index (κ1) is 23.7. The highest BCUT2D eigenvalue weighted by Gasteiger charge is 2.50. The Morgan fingerprint density at radius 3 is 2.46 bits per heavy atom. The number of halogens is 4. The molecule has 37 heavy (non-hydrogen) atoms. The maximum absolute atomic E-state index is 14.9. The second-order valence-electron chi connectivity index (χ2n) is 10.0. The zero-order valence-corrected chi connectivity index (χ0v) is 19.8. The first-order valence-electron chi connectivity index (χ1n) is 12.3. The molecule has 0 radical (unpaired) electrons. The topological polar surface area (TPSA) is 75.1 Å². The van der Waals surface area contributed by atoms with Crippen molar-refractivity contribution in [2.75, 3.05) is 18.0 Å². The Kier molecular flexibility index (Phi) is 5.80. The molecule has 2 saturated carbocycles. The van der Waals surface area contributed by atoms with E-state index in [1.807, 2.05) is 4.90 Å². The summed E-state index contributed by atoms with van der Waals surface area (Å²) in [6.07, 6.45) is 4.07. The number of rotatable bonds is 6. The van der Waals surface area contributed by atoms with E-state index in [-0.39, 0.29) is 40.9 Å². The Bertz CT molecular complexity index is 1300. The average Bonchev–Trinajstić information content (AvgIpc) is 3.49. The maximum atomic E-state index is 14.9. The van der Waals surface area contributed by atoms with Gasteiger partial charge in [-0.15, -0.1) is 0 Å². The molecule has 1 aromatic carbocycles. The molecule has 0 N–H and O–H groups in total. The number of fused-ring (bicyclic) bond motifs is 2. The molecule has 2 aliphatic carbocycles. The summed E-state index contributed by atoms with van der Waals surface area (Å²) in [7, 11) is 0. The van der Waals surface area contributed by atoms with E-state index in [4.69, 9.17) is 0 Å². The number of carbonyl (C=O) groups excluding carboxylic acids is 1. The summed E-state index contributed by atoms with van der Waals surface area (Å²) >= 11 is 0. The molecule has 3 heterocycles. The van der Waals surface area contributed by atoms with Crippen molar-refractivity contribution in [2.45, 2.75) is 43.9 Å². The van der Waals surface area contributed by atoms with E-state index >= 15 is 0 Å². The van der Waals surface area contributed by atoms with E-state index < -0.39 is 17.7 Å². The van der Waals surface area contributed by atoms with Crippen LogP contribution in [-0.2, 0) is 6.18 Å². The molecule has 1 saturated heterocycles. The Hall–Kier alpha value is -3.63. The predicted octanol–water partition coefficient (Wildman–Crippen LogP) is 4.61. The van der Waals surface area contributed by atoms with Crippen molar-refractivity contribution in [3.05, 3.63) is 66.1 Å². The number of alkyl halides is 3. The largest absolute Gasteiger partial charge is 0.434 e. The Balaban J connectivity index is 1.30. The van der Waals surface area contributed by atoms with Gasteiger partial charge in [-0.05, 0) is 55.7 Å². The van der Waals surface area contributed by atoms with Gasteiger partial charge < -0.3 is 9.80 Å². The Labute approximate surface area is 210 Å². The van der Waals surface area contributed by atoms with Crippen LogP contribution in [0.3, 0.4) is 0 Å². The molecule has 3 atom stereocenters. The van der Waals surface area contributed by atoms with Crippen LogP contribution in [0.2, 0.25) is 0 Å². The van der Waals surface area contributed by atoms with E-state index in [2.05, 4.69) is 19.9 Å². The molecule has 3 aromatic rings. The number of benzene rings is 1. The van der Waals surface area contributed by atoms with Crippen LogP contribution in [0.5, 0.6) is 0 Å². The fraction of sp³-hybridized carbons (Fsp3) is 0.423. The van der Waals surface area contributed by atoms with Crippen molar-refractivity contribution in [1.82, 2.24) is 24.8 Å². The minimum atomic E-state index is -4.56. The molecule has 2 bridgehead atoms. The summed E-state index contributed by atoms with van der Waals surface area (Å²) in [5.41, 5.74) is -0.773. The zero-order chi connectivity index (χ0) is 25.7. The van der Waals surface area contributed by atoms with E-state index in [0.717, 1.165) is 31.9 Å². The van der Waals surface area contributed by atoms with Gasteiger partial charge in [0.15, 0.2) is 11.5 Å². The molecular formula is C26H24F4N6O. The number of aromatic nitrogens is 4. The van der Waals surface area contributed by atoms with Crippen molar-refractivity contribution in [2.24, 2.45) is 11.8 Å². The number of hydrogen-bond acceptors (Lipinski definition) is 6. The van der Waals surface area contributed by atoms with E-state index in [0.29, 0.717) is 24.8 Å². The van der Waals surface area contributed by atoms with E-state index in [1.165, 1.54) is 30.7 Å². The van der Waals surface area contributed by atoms with Crippen LogP contribution in [0.25, 0.3) is 11.4 Å². The summed E-state index contributed by atoms with van der Waals surface area (Å²) in [6.45, 7) is 1.20. The van der Waals surface area contributed by atoms with Crippen molar-refractivity contribution < 1.29 is 22.4 Å². The first-order valence-corrected chi connectivity index (χ1v) is 12.3. The fourth-order valence-corrected chi connectivity index (χ4v) is 5.67. The number of amides is 1. The van der Waals surface area contributed by atoms with Gasteiger partial charge in [-0.25, -0.2) is 24.3 Å². The lowest BCUT2D eigenvalue weighted by molar-refractivity contribution is -0.141. The number of carbonyl (C=O) groups is 1. The van der Waals surface area contributed by atoms with Crippen molar-refractivity contribution in [3.8, 4) is 11.4 Å². The lowest BCUT2D eigenvalue weighted by atomic mass is 10.00. The van der Waals surface area contributed by atoms with Crippen molar-refractivity contribution >= 4 is 11.7 Å². The SMILES string of the molecule is O=C(c1cccc(F)c1-c1ncccn1)N1CC2CC1C(N(CC1CC1)c1cnc(C(F)(F)F)cn1)C2. The number of nitrogens with zero attached hydrogens (tertiary/aromatic N) is 6. The third kappa shape index (κ3) is 4.51. The first-order chi connectivity index (χ1) is 17.8. The maximum Gasteiger partial charge on any atom is 0.434 e. The molecule has 0 spiro atoms. The van der Waals surface area contributed by atoms with Gasteiger partial charge in [0.1, 0.15) is 11.6 Å². The van der Waals surface area contributed by atoms with Crippen molar-refractivity contribution in [1.29, 1.82) is 0 Å². The molecule has 7 nitrogen and oxygen atoms in total. The van der Waals surface area contributed by atoms with E-state index in [9.17, 15) is 22.4 Å². The standard InChI is InChI=1S/C26H24F4N6O/c27-18-4-1-3-17(23(18)24-31-7-2-8-32-24)25(37)36-14-16-9-19(20(36)10-16)35(13-15-5-6-15)22-12-33-21(11-34-22)26(28,29)30/h1-4,7-8,11-12,15-16,19-20H,5-6,9-10,13-14H2. The van der Waals surface area contributed by atoms with Crippen LogP contribution in [-0.4, -0.2) is 55.9 Å². The average molecular weight is 513 g/mol. The minimum Gasteiger partial charge on any atom is -0.350 e. The van der Waals surface area contributed by atoms with Crippen molar-refractivity contribution in [3.63, 3.8) is 0 Å². The summed E-state index contributed by atoms with van der Waals surface area (Å²) in [5.74, 6) is 0.331. The van der Waals surface area contributed by atoms with Gasteiger partial charge in [-0.3, -0.25) is 4.79 Å². The molecular weight excluding hydrogens is 488 g/mol. The third-order valence-corrected chi connectivity index (χ3v) is 7.52. The second kappa shape index (κ2) is 9.04. The number of anilines is 1. The van der Waals surface area contributed by atoms with Gasteiger partial charge in [-0.1, -0.05) is 6.07 Å². The molecule has 3 fully saturated rings. The second-order valence-corrected chi connectivity index (χ2v) is 10.0. The molecule has 6 rings (SSSR count).